The SMILES string of the molecule is Cc1cccc(-c2nccc(Nc3ccnc(Cc4ccc(NCCN5CCNCC5)cc4)n3)n2)n1. The molecule has 1 aliphatic heterocycles. The van der Waals surface area contributed by atoms with Crippen molar-refractivity contribution < 1.29 is 0 Å². The number of hydrogen-bond donors (Lipinski definition) is 3. The highest BCUT2D eigenvalue weighted by atomic mass is 15.2. The van der Waals surface area contributed by atoms with Gasteiger partial charge in [-0.05, 0) is 48.9 Å². The highest BCUT2D eigenvalue weighted by Crippen LogP contribution is 2.18. The summed E-state index contributed by atoms with van der Waals surface area (Å²) >= 11 is 0. The molecule has 4 heterocycles. The summed E-state index contributed by atoms with van der Waals surface area (Å²) in [5, 5.41) is 10.2. The summed E-state index contributed by atoms with van der Waals surface area (Å²) in [4.78, 5) is 25.1. The first kappa shape index (κ1) is 23.8. The topological polar surface area (TPSA) is 104 Å². The fourth-order valence-corrected chi connectivity index (χ4v) is 4.12. The van der Waals surface area contributed by atoms with Gasteiger partial charge < -0.3 is 16.0 Å². The highest BCUT2D eigenvalue weighted by Gasteiger charge is 2.09. The Morgan fingerprint density at radius 2 is 1.64 bits per heavy atom. The van der Waals surface area contributed by atoms with Crippen LogP contribution in [0.5, 0.6) is 0 Å². The maximum atomic E-state index is 4.68. The Hall–Kier alpha value is -3.95. The average molecular weight is 482 g/mol. The number of aromatic nitrogens is 5. The molecule has 3 aromatic heterocycles. The van der Waals surface area contributed by atoms with Crippen molar-refractivity contribution in [1.29, 1.82) is 0 Å². The van der Waals surface area contributed by atoms with Crippen LogP contribution in [0.25, 0.3) is 11.5 Å². The average Bonchev–Trinajstić information content (AvgIpc) is 2.91. The van der Waals surface area contributed by atoms with Crippen LogP contribution in [0.3, 0.4) is 0 Å². The van der Waals surface area contributed by atoms with Crippen molar-refractivity contribution in [3.8, 4) is 11.5 Å². The minimum atomic E-state index is 0.569. The van der Waals surface area contributed by atoms with Crippen molar-refractivity contribution in [3.05, 3.63) is 84.1 Å². The minimum absolute atomic E-state index is 0.569. The molecule has 9 heteroatoms. The Labute approximate surface area is 211 Å². The zero-order valence-electron chi connectivity index (χ0n) is 20.5. The van der Waals surface area contributed by atoms with E-state index in [9.17, 15) is 0 Å². The van der Waals surface area contributed by atoms with Gasteiger partial charge in [-0.15, -0.1) is 0 Å². The molecule has 1 aromatic carbocycles. The van der Waals surface area contributed by atoms with E-state index in [1.54, 1.807) is 12.4 Å². The first-order chi connectivity index (χ1) is 17.7. The Balaban J connectivity index is 1.17. The van der Waals surface area contributed by atoms with Crippen LogP contribution in [0.15, 0.2) is 67.0 Å². The summed E-state index contributed by atoms with van der Waals surface area (Å²) in [6.07, 6.45) is 4.13. The van der Waals surface area contributed by atoms with E-state index < -0.39 is 0 Å². The van der Waals surface area contributed by atoms with Gasteiger partial charge in [-0.3, -0.25) is 4.90 Å². The number of anilines is 3. The lowest BCUT2D eigenvalue weighted by atomic mass is 10.1. The number of hydrogen-bond acceptors (Lipinski definition) is 9. The van der Waals surface area contributed by atoms with Gasteiger partial charge in [0.05, 0.1) is 0 Å². The largest absolute Gasteiger partial charge is 0.384 e. The fraction of sp³-hybridized carbons (Fsp3) is 0.296. The molecule has 0 aliphatic carbocycles. The molecule has 36 heavy (non-hydrogen) atoms. The molecule has 1 saturated heterocycles. The zero-order chi connectivity index (χ0) is 24.6. The van der Waals surface area contributed by atoms with Crippen molar-refractivity contribution in [2.45, 2.75) is 13.3 Å². The Kier molecular flexibility index (Phi) is 7.70. The van der Waals surface area contributed by atoms with E-state index >= 15 is 0 Å². The number of benzene rings is 1. The lowest BCUT2D eigenvalue weighted by Gasteiger charge is -2.27. The van der Waals surface area contributed by atoms with Crippen molar-refractivity contribution in [3.63, 3.8) is 0 Å². The summed E-state index contributed by atoms with van der Waals surface area (Å²) in [7, 11) is 0. The van der Waals surface area contributed by atoms with E-state index in [1.807, 2.05) is 37.3 Å². The van der Waals surface area contributed by atoms with E-state index in [1.165, 1.54) is 0 Å². The van der Waals surface area contributed by atoms with Crippen LogP contribution in [0.2, 0.25) is 0 Å². The highest BCUT2D eigenvalue weighted by molar-refractivity contribution is 5.56. The molecule has 0 atom stereocenters. The zero-order valence-corrected chi connectivity index (χ0v) is 20.5. The van der Waals surface area contributed by atoms with Crippen molar-refractivity contribution >= 4 is 17.3 Å². The molecule has 1 aliphatic rings. The van der Waals surface area contributed by atoms with Crippen LogP contribution < -0.4 is 16.0 Å². The first-order valence-electron chi connectivity index (χ1n) is 12.3. The first-order valence-corrected chi connectivity index (χ1v) is 12.3. The van der Waals surface area contributed by atoms with Crippen LogP contribution in [0.4, 0.5) is 17.3 Å². The van der Waals surface area contributed by atoms with E-state index in [4.69, 9.17) is 0 Å². The lowest BCUT2D eigenvalue weighted by Crippen LogP contribution is -2.45. The number of pyridine rings is 1. The molecule has 0 radical (unpaired) electrons. The van der Waals surface area contributed by atoms with Gasteiger partial charge in [-0.25, -0.2) is 24.9 Å². The van der Waals surface area contributed by atoms with Crippen LogP contribution in [0.1, 0.15) is 17.1 Å². The second-order valence-electron chi connectivity index (χ2n) is 8.80. The summed E-state index contributed by atoms with van der Waals surface area (Å²) in [6, 6.07) is 18.0. The summed E-state index contributed by atoms with van der Waals surface area (Å²) in [5.74, 6) is 2.66. The molecule has 0 amide bonds. The number of nitrogens with zero attached hydrogens (tertiary/aromatic N) is 6. The maximum absolute atomic E-state index is 4.68. The molecule has 0 saturated carbocycles. The Bertz CT molecular complexity index is 1270. The van der Waals surface area contributed by atoms with E-state index in [-0.39, 0.29) is 0 Å². The third kappa shape index (κ3) is 6.59. The molecule has 9 nitrogen and oxygen atoms in total. The van der Waals surface area contributed by atoms with Crippen LogP contribution in [-0.4, -0.2) is 69.1 Å². The van der Waals surface area contributed by atoms with E-state index in [2.05, 4.69) is 70.0 Å². The standard InChI is InChI=1S/C27H31N9/c1-20-3-2-4-23(32-20)27-31-12-10-25(35-27)33-24-9-11-30-26(34-24)19-21-5-7-22(8-6-21)29-15-18-36-16-13-28-14-17-36/h2-12,28-29H,13-19H2,1H3,(H,30,31,33,34,35). The summed E-state index contributed by atoms with van der Waals surface area (Å²) in [6.45, 7) is 8.37. The normalized spacial score (nSPS) is 13.9. The van der Waals surface area contributed by atoms with Crippen LogP contribution in [0, 0.1) is 6.92 Å². The monoisotopic (exact) mass is 481 g/mol. The molecule has 0 bridgehead atoms. The lowest BCUT2D eigenvalue weighted by molar-refractivity contribution is 0.249. The van der Waals surface area contributed by atoms with Crippen molar-refractivity contribution in [2.75, 3.05) is 49.9 Å². The number of aryl methyl sites for hydroxylation is 1. The molecule has 0 unspecified atom stereocenters. The van der Waals surface area contributed by atoms with Gasteiger partial charge in [0.2, 0.25) is 0 Å². The third-order valence-corrected chi connectivity index (χ3v) is 6.02. The predicted molar refractivity (Wildman–Crippen MR) is 142 cm³/mol. The van der Waals surface area contributed by atoms with Gasteiger partial charge >= 0.3 is 0 Å². The molecule has 0 spiro atoms. The minimum Gasteiger partial charge on any atom is -0.384 e. The molecule has 3 N–H and O–H groups in total. The van der Waals surface area contributed by atoms with E-state index in [0.29, 0.717) is 23.9 Å². The van der Waals surface area contributed by atoms with Gasteiger partial charge in [-0.1, -0.05) is 18.2 Å². The van der Waals surface area contributed by atoms with Crippen molar-refractivity contribution in [1.82, 2.24) is 35.1 Å². The smallest absolute Gasteiger partial charge is 0.180 e. The van der Waals surface area contributed by atoms with Gasteiger partial charge in [-0.2, -0.15) is 0 Å². The second-order valence-corrected chi connectivity index (χ2v) is 8.80. The molecule has 4 aromatic rings. The molecule has 5 rings (SSSR count). The van der Waals surface area contributed by atoms with Gasteiger partial charge in [0.15, 0.2) is 5.82 Å². The summed E-state index contributed by atoms with van der Waals surface area (Å²) < 4.78 is 0. The Morgan fingerprint density at radius 3 is 2.44 bits per heavy atom. The van der Waals surface area contributed by atoms with Gasteiger partial charge in [0.1, 0.15) is 23.2 Å². The summed E-state index contributed by atoms with van der Waals surface area (Å²) in [5.41, 5.74) is 3.96. The van der Waals surface area contributed by atoms with Crippen molar-refractivity contribution in [2.24, 2.45) is 0 Å². The number of piperazine rings is 1. The molecular weight excluding hydrogens is 450 g/mol. The fourth-order valence-electron chi connectivity index (χ4n) is 4.12. The number of rotatable bonds is 9. The van der Waals surface area contributed by atoms with E-state index in [0.717, 1.165) is 67.7 Å². The quantitative estimate of drug-likeness (QED) is 0.332. The van der Waals surface area contributed by atoms with Gasteiger partial charge in [0, 0.05) is 69.5 Å². The third-order valence-electron chi connectivity index (χ3n) is 6.02. The Morgan fingerprint density at radius 1 is 0.861 bits per heavy atom. The maximum Gasteiger partial charge on any atom is 0.180 e. The van der Waals surface area contributed by atoms with Crippen LogP contribution >= 0.6 is 0 Å². The molecule has 1 fully saturated rings. The number of nitrogens with one attached hydrogen (secondary N) is 3. The second kappa shape index (κ2) is 11.7. The predicted octanol–water partition coefficient (Wildman–Crippen LogP) is 3.29. The molecule has 184 valence electrons. The molecular formula is C27H31N9. The van der Waals surface area contributed by atoms with Crippen LogP contribution in [-0.2, 0) is 6.42 Å². The van der Waals surface area contributed by atoms with Gasteiger partial charge in [0.25, 0.3) is 0 Å².